The highest BCUT2D eigenvalue weighted by molar-refractivity contribution is 5.82. The van der Waals surface area contributed by atoms with Gasteiger partial charge in [0.1, 0.15) is 24.6 Å². The normalized spacial score (nSPS) is 16.1. The van der Waals surface area contributed by atoms with E-state index in [1.54, 1.807) is 13.8 Å². The van der Waals surface area contributed by atoms with Crippen LogP contribution < -0.4 is 32.4 Å². The fourth-order valence-electron chi connectivity index (χ4n) is 3.00. The molecular formula is C20H30N6O7. The topological polar surface area (TPSA) is 239 Å². The van der Waals surface area contributed by atoms with Gasteiger partial charge in [-0.1, -0.05) is 0 Å². The van der Waals surface area contributed by atoms with Gasteiger partial charge in [0.2, 0.25) is 5.60 Å². The van der Waals surface area contributed by atoms with Crippen LogP contribution in [0, 0.1) is 20.8 Å². The maximum Gasteiger partial charge on any atom is 0.347 e. The van der Waals surface area contributed by atoms with Gasteiger partial charge in [0.05, 0.1) is 0 Å². The van der Waals surface area contributed by atoms with E-state index in [1.165, 1.54) is 0 Å². The van der Waals surface area contributed by atoms with Gasteiger partial charge in [-0.2, -0.15) is 0 Å². The van der Waals surface area contributed by atoms with Crippen LogP contribution >= 0.6 is 0 Å². The van der Waals surface area contributed by atoms with E-state index < -0.39 is 23.5 Å². The van der Waals surface area contributed by atoms with E-state index in [2.05, 4.69) is 9.98 Å². The van der Waals surface area contributed by atoms with Crippen molar-refractivity contribution in [2.24, 2.45) is 32.9 Å². The second-order valence-corrected chi connectivity index (χ2v) is 7.50. The summed E-state index contributed by atoms with van der Waals surface area (Å²) < 4.78 is 11.3. The second kappa shape index (κ2) is 11.0. The van der Waals surface area contributed by atoms with E-state index in [4.69, 9.17) is 37.5 Å². The predicted molar refractivity (Wildman–Crippen MR) is 120 cm³/mol. The molecule has 13 nitrogen and oxygen atoms in total. The van der Waals surface area contributed by atoms with Crippen LogP contribution in [0.15, 0.2) is 9.98 Å². The van der Waals surface area contributed by atoms with Crippen LogP contribution in [0.25, 0.3) is 0 Å². The second-order valence-electron chi connectivity index (χ2n) is 7.50. The first-order valence-electron chi connectivity index (χ1n) is 9.77. The fraction of sp³-hybridized carbons (Fsp3) is 0.450. The summed E-state index contributed by atoms with van der Waals surface area (Å²) in [7, 11) is 0. The number of hydrogen-bond acceptors (Lipinski definition) is 7. The van der Waals surface area contributed by atoms with E-state index in [9.17, 15) is 19.5 Å². The standard InChI is InChI=1S/C17H23N3O5.C3H7N3O2/c1-8-9(2)14-11(5-6-17(4,25-14)15(22)23)10(3)13(8)24-12(21)7-20-16(18)19;4-3(5)6-1-2(7)8/h5-7H2,1-4H3,(H,22,23)(H4,18,19,20);1H2,(H,7,8)(H4,4,5,6). The zero-order chi connectivity index (χ0) is 25.5. The fourth-order valence-corrected chi connectivity index (χ4v) is 3.00. The van der Waals surface area contributed by atoms with Gasteiger partial charge in [0.25, 0.3) is 0 Å². The summed E-state index contributed by atoms with van der Waals surface area (Å²) >= 11 is 0. The highest BCUT2D eigenvalue weighted by atomic mass is 16.5. The zero-order valence-corrected chi connectivity index (χ0v) is 19.0. The van der Waals surface area contributed by atoms with E-state index in [-0.39, 0.29) is 25.0 Å². The molecule has 13 heteroatoms. The molecule has 0 saturated heterocycles. The third kappa shape index (κ3) is 7.26. The Hall–Kier alpha value is -4.03. The van der Waals surface area contributed by atoms with Crippen molar-refractivity contribution in [2.45, 2.75) is 46.1 Å². The number of carboxylic acid groups (broad SMARTS) is 2. The number of carboxylic acids is 2. The van der Waals surface area contributed by atoms with Crippen LogP contribution in [-0.2, 0) is 20.8 Å². The highest BCUT2D eigenvalue weighted by Crippen LogP contribution is 2.43. The first-order valence-corrected chi connectivity index (χ1v) is 9.77. The number of carbonyl (C=O) groups excluding carboxylic acids is 1. The molecule has 0 radical (unpaired) electrons. The molecule has 1 unspecified atom stereocenters. The van der Waals surface area contributed by atoms with E-state index in [0.29, 0.717) is 29.9 Å². The first kappa shape index (κ1) is 27.0. The molecule has 0 spiro atoms. The van der Waals surface area contributed by atoms with Gasteiger partial charge >= 0.3 is 17.9 Å². The summed E-state index contributed by atoms with van der Waals surface area (Å²) in [5.74, 6) is -2.02. The first-order chi connectivity index (χ1) is 15.2. The Bertz CT molecular complexity index is 997. The minimum Gasteiger partial charge on any atom is -0.480 e. The van der Waals surface area contributed by atoms with Gasteiger partial charge in [-0.25, -0.2) is 19.6 Å². The molecule has 1 atom stereocenters. The summed E-state index contributed by atoms with van der Waals surface area (Å²) in [5.41, 5.74) is 21.8. The molecule has 0 amide bonds. The SMILES string of the molecule is Cc1c(C)c2c(c(C)c1OC(=O)CN=C(N)N)CCC(C)(C(=O)O)O2.NC(N)=NCC(=O)O. The van der Waals surface area contributed by atoms with Crippen molar-refractivity contribution in [3.05, 3.63) is 22.3 Å². The number of nitrogens with zero attached hydrogens (tertiary/aromatic N) is 2. The number of rotatable bonds is 6. The summed E-state index contributed by atoms with van der Waals surface area (Å²) in [5, 5.41) is 17.3. The minimum atomic E-state index is -1.26. The molecule has 0 aliphatic carbocycles. The average Bonchev–Trinajstić information content (AvgIpc) is 2.72. The number of hydrogen-bond donors (Lipinski definition) is 6. The summed E-state index contributed by atoms with van der Waals surface area (Å²) in [4.78, 5) is 39.9. The molecule has 1 aliphatic rings. The Kier molecular flexibility index (Phi) is 9.02. The van der Waals surface area contributed by atoms with Crippen molar-refractivity contribution in [1.29, 1.82) is 0 Å². The third-order valence-electron chi connectivity index (χ3n) is 4.95. The number of benzene rings is 1. The monoisotopic (exact) mass is 466 g/mol. The molecular weight excluding hydrogens is 436 g/mol. The van der Waals surface area contributed by atoms with Crippen molar-refractivity contribution in [3.63, 3.8) is 0 Å². The van der Waals surface area contributed by atoms with Gasteiger partial charge in [-0.05, 0) is 50.8 Å². The maximum atomic E-state index is 11.9. The molecule has 0 fully saturated rings. The van der Waals surface area contributed by atoms with Gasteiger partial charge < -0.3 is 42.6 Å². The van der Waals surface area contributed by atoms with Crippen LogP contribution in [0.2, 0.25) is 0 Å². The van der Waals surface area contributed by atoms with Gasteiger partial charge in [0.15, 0.2) is 11.9 Å². The number of fused-ring (bicyclic) bond motifs is 1. The Morgan fingerprint density at radius 2 is 1.52 bits per heavy atom. The van der Waals surface area contributed by atoms with Crippen LogP contribution in [0.5, 0.6) is 11.5 Å². The summed E-state index contributed by atoms with van der Waals surface area (Å²) in [6, 6.07) is 0. The number of aliphatic carboxylic acids is 2. The molecule has 10 N–H and O–H groups in total. The molecule has 0 bridgehead atoms. The van der Waals surface area contributed by atoms with Crippen LogP contribution in [0.3, 0.4) is 0 Å². The minimum absolute atomic E-state index is 0.187. The Balaban J connectivity index is 0.000000582. The third-order valence-corrected chi connectivity index (χ3v) is 4.95. The van der Waals surface area contributed by atoms with Crippen LogP contribution in [0.4, 0.5) is 0 Å². The molecule has 0 saturated carbocycles. The lowest BCUT2D eigenvalue weighted by atomic mass is 9.87. The molecule has 1 aromatic rings. The van der Waals surface area contributed by atoms with E-state index in [1.807, 2.05) is 13.8 Å². The quantitative estimate of drug-likeness (QED) is 0.132. The molecule has 0 aromatic heterocycles. The lowest BCUT2D eigenvalue weighted by Gasteiger charge is -2.35. The number of aliphatic imine (C=N–C) groups is 2. The Morgan fingerprint density at radius 3 is 1.97 bits per heavy atom. The predicted octanol–water partition coefficient (Wildman–Crippen LogP) is -0.697. The number of nitrogens with two attached hydrogens (primary N) is 4. The molecule has 1 aliphatic heterocycles. The number of esters is 1. The maximum absolute atomic E-state index is 11.9. The molecule has 33 heavy (non-hydrogen) atoms. The summed E-state index contributed by atoms with van der Waals surface area (Å²) in [6.07, 6.45) is 0.851. The largest absolute Gasteiger partial charge is 0.480 e. The summed E-state index contributed by atoms with van der Waals surface area (Å²) in [6.45, 7) is 6.36. The smallest absolute Gasteiger partial charge is 0.347 e. The van der Waals surface area contributed by atoms with Crippen molar-refractivity contribution < 1.29 is 34.1 Å². The van der Waals surface area contributed by atoms with E-state index >= 15 is 0 Å². The van der Waals surface area contributed by atoms with Gasteiger partial charge in [0, 0.05) is 12.0 Å². The lowest BCUT2D eigenvalue weighted by molar-refractivity contribution is -0.155. The number of carbonyl (C=O) groups is 3. The molecule has 1 heterocycles. The van der Waals surface area contributed by atoms with Crippen LogP contribution in [0.1, 0.15) is 35.6 Å². The highest BCUT2D eigenvalue weighted by Gasteiger charge is 2.41. The molecule has 182 valence electrons. The van der Waals surface area contributed by atoms with Crippen molar-refractivity contribution in [1.82, 2.24) is 0 Å². The van der Waals surface area contributed by atoms with Crippen molar-refractivity contribution in [3.8, 4) is 11.5 Å². The lowest BCUT2D eigenvalue weighted by Crippen LogP contribution is -2.44. The van der Waals surface area contributed by atoms with E-state index in [0.717, 1.165) is 16.7 Å². The van der Waals surface area contributed by atoms with Gasteiger partial charge in [-0.3, -0.25) is 4.79 Å². The zero-order valence-electron chi connectivity index (χ0n) is 19.0. The molecule has 1 aromatic carbocycles. The Morgan fingerprint density at radius 1 is 0.970 bits per heavy atom. The average molecular weight is 466 g/mol. The van der Waals surface area contributed by atoms with Crippen molar-refractivity contribution in [2.75, 3.05) is 13.1 Å². The molecule has 2 rings (SSSR count). The van der Waals surface area contributed by atoms with Gasteiger partial charge in [-0.15, -0.1) is 0 Å². The number of ether oxygens (including phenoxy) is 2. The van der Waals surface area contributed by atoms with Crippen molar-refractivity contribution >= 4 is 29.8 Å². The Labute approximate surface area is 190 Å². The number of guanidine groups is 2. The van der Waals surface area contributed by atoms with Crippen LogP contribution in [-0.4, -0.2) is 58.7 Å².